The molecule has 3 aliphatic carbocycles. The Labute approximate surface area is 72.8 Å². The van der Waals surface area contributed by atoms with Crippen molar-refractivity contribution >= 4 is 0 Å². The van der Waals surface area contributed by atoms with Crippen molar-refractivity contribution in [2.75, 3.05) is 0 Å². The first-order valence-electron chi connectivity index (χ1n) is 4.89. The van der Waals surface area contributed by atoms with Gasteiger partial charge in [-0.25, -0.2) is 0 Å². The van der Waals surface area contributed by atoms with Crippen LogP contribution in [0, 0.1) is 23.7 Å². The predicted molar refractivity (Wildman–Crippen MR) is 47.5 cm³/mol. The van der Waals surface area contributed by atoms with E-state index >= 15 is 0 Å². The third-order valence-electron chi connectivity index (χ3n) is 3.86. The van der Waals surface area contributed by atoms with E-state index in [0.717, 1.165) is 11.8 Å². The SMILES string of the molecule is OC1[C@H]2C=CC[C@H]2[C@H]2CC=C[C@@H]12. The molecule has 1 saturated carbocycles. The summed E-state index contributed by atoms with van der Waals surface area (Å²) in [6.45, 7) is 0. The Bertz CT molecular complexity index is 228. The third kappa shape index (κ3) is 0.680. The maximum Gasteiger partial charge on any atom is 0.0671 e. The number of rotatable bonds is 0. The van der Waals surface area contributed by atoms with E-state index in [4.69, 9.17) is 0 Å². The van der Waals surface area contributed by atoms with Crippen LogP contribution < -0.4 is 0 Å². The second-order valence-electron chi connectivity index (χ2n) is 4.30. The number of fused-ring (bicyclic) bond motifs is 3. The summed E-state index contributed by atoms with van der Waals surface area (Å²) in [5, 5.41) is 9.97. The van der Waals surface area contributed by atoms with Gasteiger partial charge in [0.2, 0.25) is 0 Å². The molecule has 3 rings (SSSR count). The molecule has 64 valence electrons. The van der Waals surface area contributed by atoms with E-state index in [0.29, 0.717) is 11.8 Å². The number of aliphatic hydroxyl groups excluding tert-OH is 1. The van der Waals surface area contributed by atoms with Crippen LogP contribution in [0.15, 0.2) is 24.3 Å². The normalized spacial score (nSPS) is 54.6. The molecule has 0 aromatic rings. The highest BCUT2D eigenvalue weighted by Crippen LogP contribution is 2.51. The lowest BCUT2D eigenvalue weighted by molar-refractivity contribution is 0.119. The van der Waals surface area contributed by atoms with Gasteiger partial charge in [-0.1, -0.05) is 24.3 Å². The van der Waals surface area contributed by atoms with Crippen LogP contribution in [0.5, 0.6) is 0 Å². The quantitative estimate of drug-likeness (QED) is 0.538. The molecule has 0 spiro atoms. The van der Waals surface area contributed by atoms with Crippen molar-refractivity contribution in [3.63, 3.8) is 0 Å². The fraction of sp³-hybridized carbons (Fsp3) is 0.636. The van der Waals surface area contributed by atoms with Crippen LogP contribution in [0.4, 0.5) is 0 Å². The topological polar surface area (TPSA) is 20.2 Å². The zero-order valence-corrected chi connectivity index (χ0v) is 7.06. The lowest BCUT2D eigenvalue weighted by atomic mass is 9.88. The van der Waals surface area contributed by atoms with E-state index in [1.165, 1.54) is 12.8 Å². The second kappa shape index (κ2) is 2.23. The van der Waals surface area contributed by atoms with Crippen molar-refractivity contribution in [2.45, 2.75) is 18.9 Å². The van der Waals surface area contributed by atoms with Crippen LogP contribution in [-0.4, -0.2) is 11.2 Å². The molecule has 5 atom stereocenters. The molecule has 0 aromatic heterocycles. The van der Waals surface area contributed by atoms with Crippen molar-refractivity contribution < 1.29 is 5.11 Å². The average molecular weight is 162 g/mol. The molecule has 0 heterocycles. The van der Waals surface area contributed by atoms with Gasteiger partial charge in [0.15, 0.2) is 0 Å². The molecule has 0 aromatic carbocycles. The highest BCUT2D eigenvalue weighted by atomic mass is 16.3. The van der Waals surface area contributed by atoms with Gasteiger partial charge in [-0.15, -0.1) is 0 Å². The monoisotopic (exact) mass is 162 g/mol. The largest absolute Gasteiger partial charge is 0.392 e. The minimum absolute atomic E-state index is 0.0856. The van der Waals surface area contributed by atoms with E-state index < -0.39 is 0 Å². The van der Waals surface area contributed by atoms with E-state index in [1.54, 1.807) is 0 Å². The molecule has 0 radical (unpaired) electrons. The van der Waals surface area contributed by atoms with Gasteiger partial charge in [0.25, 0.3) is 0 Å². The molecule has 0 bridgehead atoms. The standard InChI is InChI=1S/C11H14O/c12-11-9-5-1-3-7(9)8-4-2-6-10(8)11/h1-2,5-12H,3-4H2/t7-,8+,9-,10+,11?. The Morgan fingerprint density at radius 1 is 0.917 bits per heavy atom. The Balaban J connectivity index is 1.96. The van der Waals surface area contributed by atoms with E-state index in [9.17, 15) is 5.11 Å². The van der Waals surface area contributed by atoms with Crippen LogP contribution in [0.2, 0.25) is 0 Å². The summed E-state index contributed by atoms with van der Waals surface area (Å²) in [7, 11) is 0. The van der Waals surface area contributed by atoms with Crippen LogP contribution in [0.25, 0.3) is 0 Å². The zero-order valence-electron chi connectivity index (χ0n) is 7.06. The van der Waals surface area contributed by atoms with Gasteiger partial charge in [0.05, 0.1) is 6.10 Å². The maximum atomic E-state index is 9.97. The summed E-state index contributed by atoms with van der Waals surface area (Å²) in [5.74, 6) is 2.45. The lowest BCUT2D eigenvalue weighted by Crippen LogP contribution is -2.18. The second-order valence-corrected chi connectivity index (χ2v) is 4.30. The molecule has 3 aliphatic rings. The first-order chi connectivity index (χ1) is 5.88. The first-order valence-corrected chi connectivity index (χ1v) is 4.89. The summed E-state index contributed by atoms with van der Waals surface area (Å²) in [6.07, 6.45) is 11.2. The molecule has 0 aliphatic heterocycles. The molecule has 1 unspecified atom stereocenters. The average Bonchev–Trinajstić information content (AvgIpc) is 2.72. The maximum absolute atomic E-state index is 9.97. The number of allylic oxidation sites excluding steroid dienone is 2. The summed E-state index contributed by atoms with van der Waals surface area (Å²) in [6, 6.07) is 0. The molecular formula is C11H14O. The highest BCUT2D eigenvalue weighted by molar-refractivity contribution is 5.19. The molecular weight excluding hydrogens is 148 g/mol. The Morgan fingerprint density at radius 2 is 1.42 bits per heavy atom. The van der Waals surface area contributed by atoms with Crippen molar-refractivity contribution in [3.05, 3.63) is 24.3 Å². The minimum atomic E-state index is -0.0856. The van der Waals surface area contributed by atoms with Crippen molar-refractivity contribution in [1.29, 1.82) is 0 Å². The lowest BCUT2D eigenvalue weighted by Gasteiger charge is -2.15. The molecule has 0 amide bonds. The molecule has 1 heteroatoms. The van der Waals surface area contributed by atoms with Crippen LogP contribution in [0.3, 0.4) is 0 Å². The van der Waals surface area contributed by atoms with Gasteiger partial charge in [0, 0.05) is 11.8 Å². The fourth-order valence-corrected chi connectivity index (χ4v) is 3.30. The summed E-state index contributed by atoms with van der Waals surface area (Å²) in [5.41, 5.74) is 0. The van der Waals surface area contributed by atoms with Crippen molar-refractivity contribution in [3.8, 4) is 0 Å². The molecule has 1 nitrogen and oxygen atoms in total. The van der Waals surface area contributed by atoms with Crippen LogP contribution in [0.1, 0.15) is 12.8 Å². The van der Waals surface area contributed by atoms with Crippen LogP contribution >= 0.6 is 0 Å². The van der Waals surface area contributed by atoms with E-state index in [1.807, 2.05) is 0 Å². The van der Waals surface area contributed by atoms with Gasteiger partial charge in [-0.2, -0.15) is 0 Å². The number of hydrogen-bond acceptors (Lipinski definition) is 1. The summed E-state index contributed by atoms with van der Waals surface area (Å²) in [4.78, 5) is 0. The van der Waals surface area contributed by atoms with Gasteiger partial charge >= 0.3 is 0 Å². The molecule has 1 fully saturated rings. The van der Waals surface area contributed by atoms with E-state index in [-0.39, 0.29) is 6.10 Å². The van der Waals surface area contributed by atoms with E-state index in [2.05, 4.69) is 24.3 Å². The Morgan fingerprint density at radius 3 is 1.92 bits per heavy atom. The zero-order chi connectivity index (χ0) is 8.13. The number of hydrogen-bond donors (Lipinski definition) is 1. The Hall–Kier alpha value is -0.560. The number of aliphatic hydroxyl groups is 1. The van der Waals surface area contributed by atoms with Crippen LogP contribution in [-0.2, 0) is 0 Å². The third-order valence-corrected chi connectivity index (χ3v) is 3.86. The van der Waals surface area contributed by atoms with Crippen molar-refractivity contribution in [2.24, 2.45) is 23.7 Å². The van der Waals surface area contributed by atoms with Gasteiger partial charge in [-0.3, -0.25) is 0 Å². The van der Waals surface area contributed by atoms with Crippen molar-refractivity contribution in [1.82, 2.24) is 0 Å². The summed E-state index contributed by atoms with van der Waals surface area (Å²) < 4.78 is 0. The molecule has 0 saturated heterocycles. The highest BCUT2D eigenvalue weighted by Gasteiger charge is 2.49. The smallest absolute Gasteiger partial charge is 0.0671 e. The predicted octanol–water partition coefficient (Wildman–Crippen LogP) is 1.75. The van der Waals surface area contributed by atoms with Gasteiger partial charge in [-0.05, 0) is 24.7 Å². The summed E-state index contributed by atoms with van der Waals surface area (Å²) >= 11 is 0. The van der Waals surface area contributed by atoms with Gasteiger partial charge < -0.3 is 5.11 Å². The molecule has 1 N–H and O–H groups in total. The minimum Gasteiger partial charge on any atom is -0.392 e. The first kappa shape index (κ1) is 6.90. The fourth-order valence-electron chi connectivity index (χ4n) is 3.30. The van der Waals surface area contributed by atoms with Gasteiger partial charge in [0.1, 0.15) is 0 Å². The Kier molecular flexibility index (Phi) is 1.28. The molecule has 12 heavy (non-hydrogen) atoms.